The van der Waals surface area contributed by atoms with E-state index in [0.29, 0.717) is 6.42 Å². The molecule has 13 atom stereocenters. The van der Waals surface area contributed by atoms with E-state index in [0.717, 1.165) is 65.4 Å². The van der Waals surface area contributed by atoms with E-state index in [-0.39, 0.29) is 30.0 Å². The van der Waals surface area contributed by atoms with Crippen molar-refractivity contribution in [1.82, 2.24) is 4.98 Å². The summed E-state index contributed by atoms with van der Waals surface area (Å²) in [5.41, 5.74) is 2.76. The monoisotopic (exact) mass is 599 g/mol. The zero-order chi connectivity index (χ0) is 30.7. The van der Waals surface area contributed by atoms with E-state index in [2.05, 4.69) is 58.0 Å². The lowest BCUT2D eigenvalue weighted by Gasteiger charge is -2.66. The number of aromatic nitrogens is 1. The van der Waals surface area contributed by atoms with Crippen molar-refractivity contribution >= 4 is 10.9 Å². The molecule has 10 rings (SSSR count). The molecule has 3 aliphatic heterocycles. The Morgan fingerprint density at radius 3 is 2.59 bits per heavy atom. The molecule has 2 aromatic rings. The first kappa shape index (κ1) is 27.1. The summed E-state index contributed by atoms with van der Waals surface area (Å²) >= 11 is 0. The van der Waals surface area contributed by atoms with Gasteiger partial charge in [0.05, 0.1) is 17.8 Å². The molecule has 1 unspecified atom stereocenters. The molecule has 0 radical (unpaired) electrons. The van der Waals surface area contributed by atoms with Crippen molar-refractivity contribution in [3.63, 3.8) is 0 Å². The highest BCUT2D eigenvalue weighted by atomic mass is 16.7. The number of benzene rings is 1. The van der Waals surface area contributed by atoms with Gasteiger partial charge in [0.15, 0.2) is 5.60 Å². The number of fused-ring (bicyclic) bond motifs is 5. The van der Waals surface area contributed by atoms with Crippen LogP contribution in [0.25, 0.3) is 10.9 Å². The maximum absolute atomic E-state index is 13.2. The van der Waals surface area contributed by atoms with E-state index in [1.165, 1.54) is 11.1 Å². The molecular formula is C37H45NO6. The average molecular weight is 600 g/mol. The van der Waals surface area contributed by atoms with Gasteiger partial charge in [-0.15, -0.1) is 0 Å². The minimum atomic E-state index is -1.21. The Labute approximate surface area is 258 Å². The first-order valence-corrected chi connectivity index (χ1v) is 16.8. The number of nitrogens with one attached hydrogen (secondary N) is 1. The van der Waals surface area contributed by atoms with E-state index in [9.17, 15) is 15.3 Å². The zero-order valence-electron chi connectivity index (χ0n) is 26.5. The molecule has 1 spiro atoms. The van der Waals surface area contributed by atoms with Gasteiger partial charge in [-0.2, -0.15) is 0 Å². The summed E-state index contributed by atoms with van der Waals surface area (Å²) in [6.45, 7) is 19.3. The predicted octanol–water partition coefficient (Wildman–Crippen LogP) is 5.01. The predicted molar refractivity (Wildman–Crippen MR) is 164 cm³/mol. The zero-order valence-corrected chi connectivity index (χ0v) is 26.5. The summed E-state index contributed by atoms with van der Waals surface area (Å²) in [7, 11) is 0. The number of rotatable bonds is 1. The summed E-state index contributed by atoms with van der Waals surface area (Å²) in [4.78, 5) is 3.91. The molecule has 7 heteroatoms. The van der Waals surface area contributed by atoms with Crippen LogP contribution in [0.15, 0.2) is 36.4 Å². The van der Waals surface area contributed by atoms with Crippen LogP contribution >= 0.6 is 0 Å². The van der Waals surface area contributed by atoms with Gasteiger partial charge in [-0.05, 0) is 82.1 Å². The molecule has 5 fully saturated rings. The Hall–Kier alpha value is -2.00. The van der Waals surface area contributed by atoms with Crippen LogP contribution in [-0.4, -0.2) is 61.5 Å². The van der Waals surface area contributed by atoms with Gasteiger partial charge in [-0.1, -0.05) is 38.6 Å². The van der Waals surface area contributed by atoms with Crippen molar-refractivity contribution < 1.29 is 29.5 Å². The second kappa shape index (κ2) is 7.42. The molecule has 0 amide bonds. The lowest BCUT2D eigenvalue weighted by atomic mass is 9.40. The fraction of sp³-hybridized carbons (Fsp3) is 0.676. The Morgan fingerprint density at radius 2 is 1.84 bits per heavy atom. The van der Waals surface area contributed by atoms with Crippen LogP contribution in [0, 0.1) is 23.2 Å². The van der Waals surface area contributed by atoms with Gasteiger partial charge in [0.25, 0.3) is 0 Å². The molecule has 0 bridgehead atoms. The number of ether oxygens (including phenoxy) is 3. The third kappa shape index (κ3) is 2.44. The van der Waals surface area contributed by atoms with Gasteiger partial charge < -0.3 is 34.5 Å². The Bertz CT molecular complexity index is 1740. The lowest BCUT2D eigenvalue weighted by molar-refractivity contribution is -0.281. The number of H-pyrrole nitrogens is 1. The second-order valence-corrected chi connectivity index (χ2v) is 16.9. The largest absolute Gasteiger partial charge is 0.387 e. The van der Waals surface area contributed by atoms with Gasteiger partial charge in [-0.25, -0.2) is 0 Å². The van der Waals surface area contributed by atoms with Crippen molar-refractivity contribution in [3.05, 3.63) is 58.8 Å². The van der Waals surface area contributed by atoms with E-state index in [4.69, 9.17) is 14.2 Å². The van der Waals surface area contributed by atoms with Crippen molar-refractivity contribution in [3.8, 4) is 0 Å². The first-order valence-electron chi connectivity index (χ1n) is 16.8. The van der Waals surface area contributed by atoms with Crippen molar-refractivity contribution in [2.75, 3.05) is 0 Å². The smallest absolute Gasteiger partial charge is 0.153 e. The number of aliphatic hydroxyl groups is 3. The number of aliphatic hydroxyl groups excluding tert-OH is 1. The Balaban J connectivity index is 1.20. The van der Waals surface area contributed by atoms with Crippen molar-refractivity contribution in [1.29, 1.82) is 0 Å². The molecule has 44 heavy (non-hydrogen) atoms. The highest BCUT2D eigenvalue weighted by Gasteiger charge is 2.87. The normalized spacial score (nSPS) is 53.4. The lowest BCUT2D eigenvalue weighted by Crippen LogP contribution is -2.76. The van der Waals surface area contributed by atoms with Gasteiger partial charge in [-0.3, -0.25) is 0 Å². The van der Waals surface area contributed by atoms with Crippen molar-refractivity contribution in [2.24, 2.45) is 23.2 Å². The van der Waals surface area contributed by atoms with E-state index in [1.807, 2.05) is 6.92 Å². The molecule has 2 saturated heterocycles. The quantitative estimate of drug-likeness (QED) is 0.271. The summed E-state index contributed by atoms with van der Waals surface area (Å²) in [6, 6.07) is 4.36. The summed E-state index contributed by atoms with van der Waals surface area (Å²) in [5.74, 6) is 0.140. The van der Waals surface area contributed by atoms with E-state index >= 15 is 0 Å². The average Bonchev–Trinajstić information content (AvgIpc) is 3.53. The van der Waals surface area contributed by atoms with Crippen LogP contribution in [0.4, 0.5) is 0 Å². The van der Waals surface area contributed by atoms with E-state index in [1.54, 1.807) is 0 Å². The van der Waals surface area contributed by atoms with Crippen LogP contribution in [0.1, 0.15) is 95.2 Å². The third-order valence-electron chi connectivity index (χ3n) is 15.1. The minimum Gasteiger partial charge on any atom is -0.387 e. The van der Waals surface area contributed by atoms with Crippen LogP contribution < -0.4 is 0 Å². The van der Waals surface area contributed by atoms with Gasteiger partial charge in [0.2, 0.25) is 0 Å². The Morgan fingerprint density at radius 1 is 1.07 bits per heavy atom. The highest BCUT2D eigenvalue weighted by molar-refractivity contribution is 5.93. The summed E-state index contributed by atoms with van der Waals surface area (Å²) < 4.78 is 20.4. The van der Waals surface area contributed by atoms with E-state index < -0.39 is 51.5 Å². The number of hydrogen-bond acceptors (Lipinski definition) is 6. The molecule has 4 heterocycles. The second-order valence-electron chi connectivity index (χ2n) is 16.9. The number of aromatic amines is 1. The SMILES string of the molecule is C=C(C)[C@H]1O[C@H]2CC[C@]3(C)[C@@]4(C)c5[nH]c6ccc7c8c6c5[C@@H](OC(C)(C)[C@H]5C[C@H](C(=C)C7)[C@]85O)[C@@H]4CC[C@@]3(O)C23O[C@@H]3[C@H]1O. The fourth-order valence-corrected chi connectivity index (χ4v) is 12.9. The molecule has 3 saturated carbocycles. The third-order valence-corrected chi connectivity index (χ3v) is 15.1. The topological polar surface area (TPSA) is 107 Å². The van der Waals surface area contributed by atoms with Crippen LogP contribution in [0.5, 0.6) is 0 Å². The maximum atomic E-state index is 13.2. The fourth-order valence-electron chi connectivity index (χ4n) is 12.9. The standard InChI is InChI=1S/C37H45NO6/c1-16(2)28-27(39)31-37(44-31)23(42-28)11-12-33(6)34(7)19(10-13-35(33,37)40)29-25-24-21(38-30(25)34)9-8-18-14-17(3)20-15-22(32(4,5)43-29)36(20,41)26(18)24/h8-9,19-20,22-23,27-29,31,38-41H,1,3,10-15H2,2,4-7H3/t19-,20+,22+,23-,27-,28+,29-,31+,33+,34+,35-,36+,37?/m0/s1. The highest BCUT2D eigenvalue weighted by Crippen LogP contribution is 2.78. The van der Waals surface area contributed by atoms with Crippen molar-refractivity contribution in [2.45, 2.75) is 131 Å². The van der Waals surface area contributed by atoms with Gasteiger partial charge >= 0.3 is 0 Å². The molecule has 1 aromatic heterocycles. The van der Waals surface area contributed by atoms with Crippen LogP contribution in [0.3, 0.4) is 0 Å². The summed E-state index contributed by atoms with van der Waals surface area (Å²) in [6.07, 6.45) is 2.22. The molecule has 1 aromatic carbocycles. The minimum absolute atomic E-state index is 0.0343. The molecule has 234 valence electrons. The Kier molecular flexibility index (Phi) is 4.58. The van der Waals surface area contributed by atoms with Crippen LogP contribution in [0.2, 0.25) is 0 Å². The molecule has 4 N–H and O–H groups in total. The summed E-state index contributed by atoms with van der Waals surface area (Å²) in [5, 5.41) is 38.4. The number of epoxide rings is 1. The van der Waals surface area contributed by atoms with Gasteiger partial charge in [0.1, 0.15) is 29.5 Å². The van der Waals surface area contributed by atoms with Gasteiger partial charge in [0, 0.05) is 50.7 Å². The maximum Gasteiger partial charge on any atom is 0.153 e. The molecule has 8 aliphatic rings. The van der Waals surface area contributed by atoms with Crippen LogP contribution in [-0.2, 0) is 31.6 Å². The first-order chi connectivity index (χ1) is 20.7. The molecule has 5 aliphatic carbocycles. The number of hydrogen-bond donors (Lipinski definition) is 4. The molecule has 7 nitrogen and oxygen atoms in total. The molecular weight excluding hydrogens is 554 g/mol.